The van der Waals surface area contributed by atoms with Crippen molar-refractivity contribution in [2.45, 2.75) is 86.9 Å². The second kappa shape index (κ2) is 11.6. The molecule has 0 fully saturated rings. The minimum Gasteiger partial charge on any atom is -0.432 e. The molecule has 0 aromatic rings. The summed E-state index contributed by atoms with van der Waals surface area (Å²) in [7, 11) is 1.52. The van der Waals surface area contributed by atoms with Gasteiger partial charge in [-0.05, 0) is 31.6 Å². The fraction of sp³-hybridized carbons (Fsp3) is 0.842. The molecule has 0 aromatic heterocycles. The van der Waals surface area contributed by atoms with Crippen molar-refractivity contribution >= 4 is 5.97 Å². The van der Waals surface area contributed by atoms with E-state index >= 15 is 0 Å². The van der Waals surface area contributed by atoms with E-state index in [1.165, 1.54) is 7.11 Å². The van der Waals surface area contributed by atoms with E-state index in [0.717, 1.165) is 25.7 Å². The first kappa shape index (κ1) is 24.4. The summed E-state index contributed by atoms with van der Waals surface area (Å²) in [6.07, 6.45) is 3.88. The Morgan fingerprint density at radius 1 is 1.17 bits per heavy atom. The second-order valence-corrected chi connectivity index (χ2v) is 7.48. The maximum atomic E-state index is 11.1. The van der Waals surface area contributed by atoms with E-state index in [1.54, 1.807) is 6.92 Å². The number of esters is 1. The van der Waals surface area contributed by atoms with Gasteiger partial charge in [0.05, 0.1) is 5.76 Å². The van der Waals surface area contributed by atoms with Crippen molar-refractivity contribution in [3.05, 3.63) is 12.3 Å². The van der Waals surface area contributed by atoms with Gasteiger partial charge in [-0.2, -0.15) is 0 Å². The Bertz CT molecular complexity index is 345. The lowest BCUT2D eigenvalue weighted by atomic mass is 9.85. The molecule has 0 rings (SSSR count). The highest BCUT2D eigenvalue weighted by Crippen LogP contribution is 2.26. The van der Waals surface area contributed by atoms with E-state index in [9.17, 15) is 4.79 Å². The smallest absolute Gasteiger partial charge is 0.310 e. The molecule has 0 aromatic carbocycles. The molecule has 0 saturated heterocycles. The second-order valence-electron chi connectivity index (χ2n) is 7.48. The van der Waals surface area contributed by atoms with Gasteiger partial charge in [0.15, 0.2) is 6.29 Å². The van der Waals surface area contributed by atoms with Gasteiger partial charge in [0.1, 0.15) is 0 Å². The highest BCUT2D eigenvalue weighted by molar-refractivity contribution is 5.70. The minimum absolute atomic E-state index is 0.116. The predicted molar refractivity (Wildman–Crippen MR) is 95.9 cm³/mol. The van der Waals surface area contributed by atoms with Crippen LogP contribution in [0.5, 0.6) is 0 Å². The predicted octanol–water partition coefficient (Wildman–Crippen LogP) is 5.06. The zero-order chi connectivity index (χ0) is 18.7. The summed E-state index contributed by atoms with van der Waals surface area (Å²) in [5, 5.41) is 9.16. The Kier molecular flexibility index (Phi) is 12.3. The van der Waals surface area contributed by atoms with Crippen molar-refractivity contribution in [3.8, 4) is 0 Å². The summed E-state index contributed by atoms with van der Waals surface area (Å²) in [6.45, 7) is 17.8. The zero-order valence-corrected chi connectivity index (χ0v) is 16.5. The largest absolute Gasteiger partial charge is 0.432 e. The number of methoxy groups -OCH3 is 1. The Morgan fingerprint density at radius 3 is 2.00 bits per heavy atom. The summed E-state index contributed by atoms with van der Waals surface area (Å²) in [6, 6.07) is 0. The molecule has 1 unspecified atom stereocenters. The first-order chi connectivity index (χ1) is 10.4. The number of aliphatic hydroxyl groups is 1. The van der Waals surface area contributed by atoms with Crippen LogP contribution in [-0.4, -0.2) is 24.5 Å². The maximum absolute atomic E-state index is 11.1. The number of carbonyl (C=O) groups excluding carboxylic acids is 1. The van der Waals surface area contributed by atoms with Gasteiger partial charge in [0.25, 0.3) is 0 Å². The molecule has 0 aliphatic rings. The fourth-order valence-electron chi connectivity index (χ4n) is 1.63. The number of ether oxygens (including phenoxy) is 2. The SMILES string of the molecule is C=C(C)OC(=O)CCCC(C)(C)CC.CCC(C)(C)C(O)OC. The van der Waals surface area contributed by atoms with E-state index in [4.69, 9.17) is 14.6 Å². The van der Waals surface area contributed by atoms with E-state index < -0.39 is 6.29 Å². The first-order valence-electron chi connectivity index (χ1n) is 8.49. The number of rotatable bonds is 9. The van der Waals surface area contributed by atoms with E-state index in [0.29, 0.717) is 17.6 Å². The van der Waals surface area contributed by atoms with Gasteiger partial charge in [0.2, 0.25) is 0 Å². The van der Waals surface area contributed by atoms with Crippen LogP contribution in [-0.2, 0) is 14.3 Å². The maximum Gasteiger partial charge on any atom is 0.310 e. The number of allylic oxidation sites excluding steroid dienone is 1. The summed E-state index contributed by atoms with van der Waals surface area (Å²) >= 11 is 0. The lowest BCUT2D eigenvalue weighted by Crippen LogP contribution is -2.29. The van der Waals surface area contributed by atoms with Gasteiger partial charge in [-0.3, -0.25) is 4.79 Å². The summed E-state index contributed by atoms with van der Waals surface area (Å²) in [5.41, 5.74) is 0.220. The van der Waals surface area contributed by atoms with Gasteiger partial charge in [-0.1, -0.05) is 54.5 Å². The molecular weight excluding hydrogens is 292 g/mol. The molecule has 0 aliphatic carbocycles. The van der Waals surface area contributed by atoms with Crippen LogP contribution in [0.2, 0.25) is 0 Å². The normalized spacial score (nSPS) is 12.9. The Labute approximate surface area is 143 Å². The van der Waals surface area contributed by atoms with Crippen LogP contribution in [0.1, 0.15) is 80.6 Å². The van der Waals surface area contributed by atoms with Gasteiger partial charge < -0.3 is 14.6 Å². The number of hydrogen-bond acceptors (Lipinski definition) is 4. The van der Waals surface area contributed by atoms with Gasteiger partial charge in [-0.25, -0.2) is 0 Å². The zero-order valence-electron chi connectivity index (χ0n) is 16.5. The minimum atomic E-state index is -0.637. The molecule has 0 heterocycles. The molecule has 4 nitrogen and oxygen atoms in total. The monoisotopic (exact) mass is 330 g/mol. The molecule has 0 amide bonds. The first-order valence-corrected chi connectivity index (χ1v) is 8.49. The quantitative estimate of drug-likeness (QED) is 0.365. The van der Waals surface area contributed by atoms with Crippen LogP contribution in [0.25, 0.3) is 0 Å². The molecule has 0 radical (unpaired) electrons. The van der Waals surface area contributed by atoms with Crippen molar-refractivity contribution in [3.63, 3.8) is 0 Å². The Hall–Kier alpha value is -0.870. The van der Waals surface area contributed by atoms with Crippen LogP contribution in [0.3, 0.4) is 0 Å². The van der Waals surface area contributed by atoms with Gasteiger partial charge in [-0.15, -0.1) is 0 Å². The van der Waals surface area contributed by atoms with Crippen LogP contribution in [0.15, 0.2) is 12.3 Å². The van der Waals surface area contributed by atoms with E-state index in [2.05, 4.69) is 27.4 Å². The van der Waals surface area contributed by atoms with Gasteiger partial charge in [0, 0.05) is 18.9 Å². The third-order valence-corrected chi connectivity index (χ3v) is 4.28. The molecule has 0 aliphatic heterocycles. The molecule has 1 atom stereocenters. The molecule has 0 spiro atoms. The molecule has 0 saturated carbocycles. The lowest BCUT2D eigenvalue weighted by molar-refractivity contribution is -0.146. The summed E-state index contributed by atoms with van der Waals surface area (Å²) in [4.78, 5) is 11.1. The average molecular weight is 331 g/mol. The van der Waals surface area contributed by atoms with E-state index in [1.807, 2.05) is 20.8 Å². The van der Waals surface area contributed by atoms with Crippen LogP contribution in [0, 0.1) is 10.8 Å². The van der Waals surface area contributed by atoms with Crippen molar-refractivity contribution in [1.82, 2.24) is 0 Å². The topological polar surface area (TPSA) is 55.8 Å². The summed E-state index contributed by atoms with van der Waals surface area (Å²) < 4.78 is 9.63. The van der Waals surface area contributed by atoms with Gasteiger partial charge >= 0.3 is 5.97 Å². The Morgan fingerprint density at radius 2 is 1.70 bits per heavy atom. The molecule has 0 bridgehead atoms. The number of carbonyl (C=O) groups is 1. The van der Waals surface area contributed by atoms with Crippen LogP contribution < -0.4 is 0 Å². The molecule has 138 valence electrons. The third kappa shape index (κ3) is 13.3. The average Bonchev–Trinajstić information content (AvgIpc) is 2.46. The highest BCUT2D eigenvalue weighted by atomic mass is 16.6. The van der Waals surface area contributed by atoms with Crippen molar-refractivity contribution in [1.29, 1.82) is 0 Å². The molecule has 4 heteroatoms. The lowest BCUT2D eigenvalue weighted by Gasteiger charge is -2.27. The van der Waals surface area contributed by atoms with Crippen LogP contribution >= 0.6 is 0 Å². The Balaban J connectivity index is 0. The van der Waals surface area contributed by atoms with Crippen LogP contribution in [0.4, 0.5) is 0 Å². The number of aliphatic hydroxyl groups excluding tert-OH is 1. The molecule has 1 N–H and O–H groups in total. The third-order valence-electron chi connectivity index (χ3n) is 4.28. The molecular formula is C19H38O4. The van der Waals surface area contributed by atoms with Crippen molar-refractivity contribution < 1.29 is 19.4 Å². The van der Waals surface area contributed by atoms with Crippen molar-refractivity contribution in [2.24, 2.45) is 10.8 Å². The number of hydrogen-bond donors (Lipinski definition) is 1. The summed E-state index contributed by atoms with van der Waals surface area (Å²) in [5.74, 6) is 0.314. The standard InChI is InChI=1S/C12H22O2.C7H16O2/c1-6-12(4,5)9-7-8-11(13)14-10(2)3;1-5-7(2,3)6(8)9-4/h2,6-9H2,1,3-5H3;6,8H,5H2,1-4H3. The van der Waals surface area contributed by atoms with E-state index in [-0.39, 0.29) is 11.4 Å². The molecule has 23 heavy (non-hydrogen) atoms. The fourth-order valence-corrected chi connectivity index (χ4v) is 1.63. The highest BCUT2D eigenvalue weighted by Gasteiger charge is 2.24. The van der Waals surface area contributed by atoms with Crippen molar-refractivity contribution in [2.75, 3.05) is 7.11 Å².